The average Bonchev–Trinajstić information content (AvgIpc) is 2.83. The van der Waals surface area contributed by atoms with Crippen LogP contribution < -0.4 is 5.32 Å². The van der Waals surface area contributed by atoms with Crippen LogP contribution in [0.3, 0.4) is 0 Å². The third-order valence-corrected chi connectivity index (χ3v) is 4.42. The molecule has 0 radical (unpaired) electrons. The van der Waals surface area contributed by atoms with Gasteiger partial charge in [-0.3, -0.25) is 4.90 Å². The van der Waals surface area contributed by atoms with Crippen molar-refractivity contribution in [1.29, 1.82) is 0 Å². The van der Waals surface area contributed by atoms with Gasteiger partial charge >= 0.3 is 0 Å². The normalized spacial score (nSPS) is 12.0. The van der Waals surface area contributed by atoms with Gasteiger partial charge in [0.05, 0.1) is 0 Å². The smallest absolute Gasteiger partial charge is 0.0328 e. The molecule has 1 aromatic rings. The number of likely N-dealkylation sites (N-methyl/N-ethyl adjacent to an activating group) is 1. The van der Waals surface area contributed by atoms with Gasteiger partial charge in [-0.1, -0.05) is 20.8 Å². The van der Waals surface area contributed by atoms with Crippen molar-refractivity contribution in [2.24, 2.45) is 5.92 Å². The van der Waals surface area contributed by atoms with Gasteiger partial charge in [0.15, 0.2) is 0 Å². The Balaban J connectivity index is 2.42. The van der Waals surface area contributed by atoms with E-state index in [1.165, 1.54) is 22.7 Å². The zero-order valence-corrected chi connectivity index (χ0v) is 15.3. The van der Waals surface area contributed by atoms with Crippen molar-refractivity contribution < 1.29 is 0 Å². The molecule has 3 nitrogen and oxygen atoms in total. The zero-order valence-electron chi connectivity index (χ0n) is 14.5. The lowest BCUT2D eigenvalue weighted by Crippen LogP contribution is -2.31. The van der Waals surface area contributed by atoms with Gasteiger partial charge in [-0.15, -0.1) is 11.3 Å². The molecule has 1 N–H and O–H groups in total. The molecule has 0 fully saturated rings. The molecule has 0 spiro atoms. The summed E-state index contributed by atoms with van der Waals surface area (Å²) in [5.74, 6) is 0.718. The number of hydrogen-bond acceptors (Lipinski definition) is 4. The van der Waals surface area contributed by atoms with E-state index in [-0.39, 0.29) is 0 Å². The Morgan fingerprint density at radius 1 is 1.10 bits per heavy atom. The van der Waals surface area contributed by atoms with E-state index in [1.807, 2.05) is 11.3 Å². The molecule has 21 heavy (non-hydrogen) atoms. The van der Waals surface area contributed by atoms with Gasteiger partial charge in [0, 0.05) is 35.9 Å². The summed E-state index contributed by atoms with van der Waals surface area (Å²) in [5.41, 5.74) is 0. The molecule has 0 aliphatic carbocycles. The van der Waals surface area contributed by atoms with Crippen molar-refractivity contribution in [2.75, 3.05) is 40.3 Å². The van der Waals surface area contributed by atoms with E-state index in [1.54, 1.807) is 0 Å². The minimum atomic E-state index is 0.718. The zero-order chi connectivity index (χ0) is 15.7. The Labute approximate surface area is 135 Å². The van der Waals surface area contributed by atoms with Crippen molar-refractivity contribution in [2.45, 2.75) is 40.3 Å². The Morgan fingerprint density at radius 3 is 2.43 bits per heavy atom. The summed E-state index contributed by atoms with van der Waals surface area (Å²) < 4.78 is 0. The third kappa shape index (κ3) is 8.57. The van der Waals surface area contributed by atoms with E-state index >= 15 is 0 Å². The number of rotatable bonds is 11. The Kier molecular flexibility index (Phi) is 9.16. The maximum Gasteiger partial charge on any atom is 0.0328 e. The summed E-state index contributed by atoms with van der Waals surface area (Å²) in [5, 5.41) is 3.52. The van der Waals surface area contributed by atoms with E-state index in [0.717, 1.165) is 38.6 Å². The number of thiophene rings is 1. The molecule has 0 aromatic carbocycles. The first-order valence-corrected chi connectivity index (χ1v) is 8.98. The van der Waals surface area contributed by atoms with E-state index in [4.69, 9.17) is 0 Å². The van der Waals surface area contributed by atoms with Crippen molar-refractivity contribution in [3.8, 4) is 0 Å². The minimum absolute atomic E-state index is 0.718. The van der Waals surface area contributed by atoms with Crippen LogP contribution in [0.4, 0.5) is 0 Å². The molecular weight excluding hydrogens is 278 g/mol. The summed E-state index contributed by atoms with van der Waals surface area (Å²) >= 11 is 1.96. The first-order valence-electron chi connectivity index (χ1n) is 8.16. The highest BCUT2D eigenvalue weighted by molar-refractivity contribution is 7.11. The van der Waals surface area contributed by atoms with Crippen LogP contribution in [0.2, 0.25) is 0 Å². The summed E-state index contributed by atoms with van der Waals surface area (Å²) in [7, 11) is 4.29. The van der Waals surface area contributed by atoms with Gasteiger partial charge in [-0.2, -0.15) is 0 Å². The monoisotopic (exact) mass is 311 g/mol. The number of hydrogen-bond donors (Lipinski definition) is 1. The van der Waals surface area contributed by atoms with E-state index in [0.29, 0.717) is 0 Å². The van der Waals surface area contributed by atoms with E-state index < -0.39 is 0 Å². The highest BCUT2D eigenvalue weighted by Crippen LogP contribution is 2.18. The Morgan fingerprint density at radius 2 is 1.81 bits per heavy atom. The first kappa shape index (κ1) is 18.6. The fourth-order valence-electron chi connectivity index (χ4n) is 2.23. The van der Waals surface area contributed by atoms with Crippen molar-refractivity contribution in [3.05, 3.63) is 21.9 Å². The molecular formula is C17H33N3S. The highest BCUT2D eigenvalue weighted by Gasteiger charge is 2.08. The molecule has 0 saturated carbocycles. The largest absolute Gasteiger partial charge is 0.312 e. The quantitative estimate of drug-likeness (QED) is 0.677. The summed E-state index contributed by atoms with van der Waals surface area (Å²) in [4.78, 5) is 7.77. The summed E-state index contributed by atoms with van der Waals surface area (Å²) in [6.45, 7) is 13.4. The van der Waals surface area contributed by atoms with Crippen LogP contribution in [0.25, 0.3) is 0 Å². The minimum Gasteiger partial charge on any atom is -0.312 e. The van der Waals surface area contributed by atoms with Crippen LogP contribution in [0, 0.1) is 5.92 Å². The molecule has 122 valence electrons. The maximum atomic E-state index is 3.52. The second-order valence-corrected chi connectivity index (χ2v) is 7.73. The van der Waals surface area contributed by atoms with Crippen LogP contribution in [0.1, 0.15) is 36.9 Å². The standard InChI is InChI=1S/C17H33N3S/c1-6-9-20(11-10-19(4)5)14-17-8-7-16(21-17)13-18-12-15(2)3/h7-8,15,18H,6,9-14H2,1-5H3. The number of nitrogens with one attached hydrogen (secondary N) is 1. The molecule has 0 bridgehead atoms. The topological polar surface area (TPSA) is 18.5 Å². The van der Waals surface area contributed by atoms with Crippen LogP contribution in [-0.2, 0) is 13.1 Å². The predicted molar refractivity (Wildman–Crippen MR) is 95.0 cm³/mol. The van der Waals surface area contributed by atoms with Crippen LogP contribution in [-0.4, -0.2) is 50.1 Å². The molecule has 4 heteroatoms. The summed E-state index contributed by atoms with van der Waals surface area (Å²) in [6.07, 6.45) is 1.22. The second kappa shape index (κ2) is 10.3. The highest BCUT2D eigenvalue weighted by atomic mass is 32.1. The fraction of sp³-hybridized carbons (Fsp3) is 0.765. The van der Waals surface area contributed by atoms with Gasteiger partial charge < -0.3 is 10.2 Å². The van der Waals surface area contributed by atoms with Gasteiger partial charge in [-0.25, -0.2) is 0 Å². The lowest BCUT2D eigenvalue weighted by molar-refractivity contribution is 0.235. The van der Waals surface area contributed by atoms with Gasteiger partial charge in [0.25, 0.3) is 0 Å². The lowest BCUT2D eigenvalue weighted by atomic mass is 10.2. The number of nitrogens with zero attached hydrogens (tertiary/aromatic N) is 2. The molecule has 0 unspecified atom stereocenters. The Hall–Kier alpha value is -0.420. The third-order valence-electron chi connectivity index (χ3n) is 3.35. The predicted octanol–water partition coefficient (Wildman–Crippen LogP) is 3.27. The average molecular weight is 312 g/mol. The molecule has 0 saturated heterocycles. The van der Waals surface area contributed by atoms with E-state index in [9.17, 15) is 0 Å². The summed E-state index contributed by atoms with van der Waals surface area (Å²) in [6, 6.07) is 4.58. The van der Waals surface area contributed by atoms with E-state index in [2.05, 4.69) is 62.1 Å². The van der Waals surface area contributed by atoms with Crippen LogP contribution >= 0.6 is 11.3 Å². The van der Waals surface area contributed by atoms with Crippen molar-refractivity contribution in [1.82, 2.24) is 15.1 Å². The SMILES string of the molecule is CCCN(CCN(C)C)Cc1ccc(CNCC(C)C)s1. The van der Waals surface area contributed by atoms with Gasteiger partial charge in [0.1, 0.15) is 0 Å². The molecule has 0 amide bonds. The molecule has 1 rings (SSSR count). The molecule has 0 aliphatic rings. The first-order chi connectivity index (χ1) is 10.0. The molecule has 1 aromatic heterocycles. The Bertz CT molecular complexity index is 374. The van der Waals surface area contributed by atoms with Crippen LogP contribution in [0.15, 0.2) is 12.1 Å². The molecule has 0 aliphatic heterocycles. The van der Waals surface area contributed by atoms with Crippen molar-refractivity contribution >= 4 is 11.3 Å². The second-order valence-electron chi connectivity index (χ2n) is 6.47. The lowest BCUT2D eigenvalue weighted by Gasteiger charge is -2.22. The maximum absolute atomic E-state index is 3.52. The van der Waals surface area contributed by atoms with Crippen molar-refractivity contribution in [3.63, 3.8) is 0 Å². The van der Waals surface area contributed by atoms with Gasteiger partial charge in [0.2, 0.25) is 0 Å². The van der Waals surface area contributed by atoms with Crippen LogP contribution in [0.5, 0.6) is 0 Å². The molecule has 1 heterocycles. The fourth-order valence-corrected chi connectivity index (χ4v) is 3.26. The van der Waals surface area contributed by atoms with Gasteiger partial charge in [-0.05, 0) is 51.7 Å². The molecule has 0 atom stereocenters.